The highest BCUT2D eigenvalue weighted by Gasteiger charge is 2.38. The van der Waals surface area contributed by atoms with Gasteiger partial charge in [-0.2, -0.15) is 0 Å². The Kier molecular flexibility index (Phi) is 2.04. The molecule has 0 bridgehead atoms. The summed E-state index contributed by atoms with van der Waals surface area (Å²) in [7, 11) is 4.73. The molecule has 1 rings (SSSR count). The van der Waals surface area contributed by atoms with E-state index in [9.17, 15) is 0 Å². The molecule has 1 aliphatic heterocycles. The van der Waals surface area contributed by atoms with E-state index in [-0.39, 0.29) is 0 Å². The van der Waals surface area contributed by atoms with Crippen LogP contribution in [-0.4, -0.2) is 30.7 Å². The van der Waals surface area contributed by atoms with E-state index < -0.39 is 0 Å². The smallest absolute Gasteiger partial charge is 0.0887 e. The van der Waals surface area contributed by atoms with Crippen molar-refractivity contribution >= 4 is 0 Å². The molecule has 1 heteroatoms. The third-order valence-corrected chi connectivity index (χ3v) is 3.47. The molecular formula is C9H20N+. The highest BCUT2D eigenvalue weighted by molar-refractivity contribution is 4.69. The Bertz CT molecular complexity index is 118. The standard InChI is InChI=1S/C9H20N/c1-5-9-7-6-8(2)10(9,3)4/h8-9H,5-7H2,1-4H3/q+1. The molecule has 0 saturated carbocycles. The fourth-order valence-electron chi connectivity index (χ4n) is 2.13. The Morgan fingerprint density at radius 3 is 2.10 bits per heavy atom. The van der Waals surface area contributed by atoms with Gasteiger partial charge in [0.2, 0.25) is 0 Å². The zero-order valence-corrected chi connectivity index (χ0v) is 7.72. The van der Waals surface area contributed by atoms with E-state index in [2.05, 4.69) is 27.9 Å². The van der Waals surface area contributed by atoms with Crippen molar-refractivity contribution in [1.29, 1.82) is 0 Å². The van der Waals surface area contributed by atoms with Gasteiger partial charge < -0.3 is 4.48 Å². The van der Waals surface area contributed by atoms with Crippen LogP contribution in [0.3, 0.4) is 0 Å². The van der Waals surface area contributed by atoms with E-state index in [4.69, 9.17) is 0 Å². The molecule has 0 N–H and O–H groups in total. The van der Waals surface area contributed by atoms with E-state index >= 15 is 0 Å². The molecule has 1 nitrogen and oxygen atoms in total. The van der Waals surface area contributed by atoms with Gasteiger partial charge in [0.1, 0.15) is 0 Å². The van der Waals surface area contributed by atoms with Crippen LogP contribution in [0, 0.1) is 0 Å². The summed E-state index contributed by atoms with van der Waals surface area (Å²) in [4.78, 5) is 0. The van der Waals surface area contributed by atoms with Crippen molar-refractivity contribution < 1.29 is 4.48 Å². The van der Waals surface area contributed by atoms with Gasteiger partial charge in [0.15, 0.2) is 0 Å². The van der Waals surface area contributed by atoms with Crippen molar-refractivity contribution in [3.05, 3.63) is 0 Å². The van der Waals surface area contributed by atoms with Crippen LogP contribution in [0.4, 0.5) is 0 Å². The third kappa shape index (κ3) is 1.07. The molecule has 1 saturated heterocycles. The lowest BCUT2D eigenvalue weighted by atomic mass is 10.1. The quantitative estimate of drug-likeness (QED) is 0.491. The van der Waals surface area contributed by atoms with Gasteiger partial charge in [-0.1, -0.05) is 6.92 Å². The molecule has 0 spiro atoms. The first-order chi connectivity index (χ1) is 4.59. The van der Waals surface area contributed by atoms with E-state index in [1.54, 1.807) is 0 Å². The molecule has 60 valence electrons. The lowest BCUT2D eigenvalue weighted by Gasteiger charge is -2.35. The molecule has 0 aromatic rings. The molecular weight excluding hydrogens is 122 g/mol. The highest BCUT2D eigenvalue weighted by atomic mass is 15.4. The fourth-order valence-corrected chi connectivity index (χ4v) is 2.13. The Balaban J connectivity index is 2.64. The van der Waals surface area contributed by atoms with Gasteiger partial charge in [-0.25, -0.2) is 0 Å². The lowest BCUT2D eigenvalue weighted by molar-refractivity contribution is -0.923. The predicted molar refractivity (Wildman–Crippen MR) is 44.9 cm³/mol. The fraction of sp³-hybridized carbons (Fsp3) is 1.00. The number of likely N-dealkylation sites (tertiary alicyclic amines) is 1. The number of nitrogens with zero attached hydrogens (tertiary/aromatic N) is 1. The van der Waals surface area contributed by atoms with Crippen molar-refractivity contribution in [3.63, 3.8) is 0 Å². The first kappa shape index (κ1) is 8.06. The van der Waals surface area contributed by atoms with Gasteiger partial charge in [-0.05, 0) is 13.3 Å². The normalized spacial score (nSPS) is 38.4. The summed E-state index contributed by atoms with van der Waals surface area (Å²) in [5.41, 5.74) is 0. The zero-order valence-electron chi connectivity index (χ0n) is 7.72. The number of quaternary nitrogens is 1. The molecule has 2 unspecified atom stereocenters. The molecule has 2 atom stereocenters. The van der Waals surface area contributed by atoms with Crippen LogP contribution >= 0.6 is 0 Å². The second-order valence-electron chi connectivity index (χ2n) is 4.12. The highest BCUT2D eigenvalue weighted by Crippen LogP contribution is 2.30. The van der Waals surface area contributed by atoms with Crippen LogP contribution < -0.4 is 0 Å². The maximum absolute atomic E-state index is 2.37. The number of hydrogen-bond acceptors (Lipinski definition) is 0. The summed E-state index contributed by atoms with van der Waals surface area (Å²) >= 11 is 0. The molecule has 1 aliphatic rings. The summed E-state index contributed by atoms with van der Waals surface area (Å²) in [5.74, 6) is 0. The van der Waals surface area contributed by atoms with Gasteiger partial charge in [-0.3, -0.25) is 0 Å². The maximum Gasteiger partial charge on any atom is 0.0887 e. The van der Waals surface area contributed by atoms with Gasteiger partial charge >= 0.3 is 0 Å². The maximum atomic E-state index is 2.37. The van der Waals surface area contributed by atoms with E-state index in [1.165, 1.54) is 23.7 Å². The second-order valence-corrected chi connectivity index (χ2v) is 4.12. The van der Waals surface area contributed by atoms with Crippen LogP contribution in [0.5, 0.6) is 0 Å². The van der Waals surface area contributed by atoms with E-state index in [0.29, 0.717) is 0 Å². The second kappa shape index (κ2) is 2.54. The average Bonchev–Trinajstić information content (AvgIpc) is 2.10. The largest absolute Gasteiger partial charge is 0.324 e. The van der Waals surface area contributed by atoms with Crippen molar-refractivity contribution in [3.8, 4) is 0 Å². The molecule has 10 heavy (non-hydrogen) atoms. The Morgan fingerprint density at radius 2 is 1.90 bits per heavy atom. The van der Waals surface area contributed by atoms with E-state index in [1.807, 2.05) is 0 Å². The first-order valence-electron chi connectivity index (χ1n) is 4.42. The van der Waals surface area contributed by atoms with Gasteiger partial charge in [0.05, 0.1) is 26.2 Å². The van der Waals surface area contributed by atoms with Crippen LogP contribution in [0.1, 0.15) is 33.1 Å². The molecule has 0 radical (unpaired) electrons. The van der Waals surface area contributed by atoms with Crippen molar-refractivity contribution in [2.75, 3.05) is 14.1 Å². The van der Waals surface area contributed by atoms with Crippen molar-refractivity contribution in [2.24, 2.45) is 0 Å². The lowest BCUT2D eigenvalue weighted by Crippen LogP contribution is -2.48. The Labute approximate surface area is 64.6 Å². The van der Waals surface area contributed by atoms with Crippen molar-refractivity contribution in [2.45, 2.75) is 45.2 Å². The first-order valence-corrected chi connectivity index (χ1v) is 4.42. The third-order valence-electron chi connectivity index (χ3n) is 3.47. The van der Waals surface area contributed by atoms with Crippen molar-refractivity contribution in [1.82, 2.24) is 0 Å². The molecule has 1 fully saturated rings. The van der Waals surface area contributed by atoms with E-state index in [0.717, 1.165) is 12.1 Å². The number of rotatable bonds is 1. The minimum absolute atomic E-state index is 0.880. The molecule has 0 aliphatic carbocycles. The summed E-state index contributed by atoms with van der Waals surface area (Å²) in [6.45, 7) is 4.68. The van der Waals surface area contributed by atoms with Crippen LogP contribution in [0.25, 0.3) is 0 Å². The van der Waals surface area contributed by atoms with Gasteiger partial charge in [0, 0.05) is 12.8 Å². The average molecular weight is 142 g/mol. The molecule has 0 aromatic heterocycles. The van der Waals surface area contributed by atoms with Gasteiger partial charge in [0.25, 0.3) is 0 Å². The topological polar surface area (TPSA) is 0 Å². The summed E-state index contributed by atoms with van der Waals surface area (Å²) in [5, 5.41) is 0. The minimum atomic E-state index is 0.880. The predicted octanol–water partition coefficient (Wildman–Crippen LogP) is 2.02. The van der Waals surface area contributed by atoms with Gasteiger partial charge in [-0.15, -0.1) is 0 Å². The SMILES string of the molecule is CCC1CCC(C)[N+]1(C)C. The Hall–Kier alpha value is -0.0400. The summed E-state index contributed by atoms with van der Waals surface area (Å²) in [6.07, 6.45) is 4.20. The van der Waals surface area contributed by atoms with Crippen LogP contribution in [0.2, 0.25) is 0 Å². The minimum Gasteiger partial charge on any atom is -0.324 e. The molecule has 1 heterocycles. The monoisotopic (exact) mass is 142 g/mol. The number of hydrogen-bond donors (Lipinski definition) is 0. The Morgan fingerprint density at radius 1 is 1.30 bits per heavy atom. The van der Waals surface area contributed by atoms with Crippen LogP contribution in [0.15, 0.2) is 0 Å². The van der Waals surface area contributed by atoms with Crippen LogP contribution in [-0.2, 0) is 0 Å². The summed E-state index contributed by atoms with van der Waals surface area (Å²) < 4.78 is 1.25. The summed E-state index contributed by atoms with van der Waals surface area (Å²) in [6, 6.07) is 1.81. The molecule has 0 amide bonds. The zero-order chi connectivity index (χ0) is 7.78. The molecule has 0 aromatic carbocycles.